The molecule has 1 aromatic rings. The zero-order chi connectivity index (χ0) is 7.40. The van der Waals surface area contributed by atoms with Crippen LogP contribution in [-0.2, 0) is 0 Å². The molecular formula is C8H8ClO. The Morgan fingerprint density at radius 1 is 1.60 bits per heavy atom. The SMILES string of the molecule is CCOc1c[c]c(Cl)cc1. The Balaban J connectivity index is 2.69. The summed E-state index contributed by atoms with van der Waals surface area (Å²) in [5, 5.41) is 0.614. The molecule has 0 aromatic heterocycles. The highest BCUT2D eigenvalue weighted by molar-refractivity contribution is 6.30. The van der Waals surface area contributed by atoms with Crippen LogP contribution in [-0.4, -0.2) is 6.61 Å². The first-order chi connectivity index (χ1) is 4.83. The standard InChI is InChI=1S/C8H8ClO/c1-2-10-8-5-3-7(9)4-6-8/h3,5-6H,2H2,1H3. The topological polar surface area (TPSA) is 9.23 Å². The monoisotopic (exact) mass is 155 g/mol. The van der Waals surface area contributed by atoms with Gasteiger partial charge < -0.3 is 4.74 Å². The zero-order valence-electron chi connectivity index (χ0n) is 5.73. The molecule has 0 N–H and O–H groups in total. The average molecular weight is 156 g/mol. The van der Waals surface area contributed by atoms with Gasteiger partial charge in [-0.2, -0.15) is 0 Å². The van der Waals surface area contributed by atoms with Crippen LogP contribution >= 0.6 is 11.6 Å². The molecular weight excluding hydrogens is 148 g/mol. The molecule has 2 heteroatoms. The molecule has 1 aromatic carbocycles. The summed E-state index contributed by atoms with van der Waals surface area (Å²) >= 11 is 5.60. The van der Waals surface area contributed by atoms with Crippen molar-refractivity contribution >= 4 is 11.6 Å². The number of hydrogen-bond donors (Lipinski definition) is 0. The van der Waals surface area contributed by atoms with Gasteiger partial charge in [0.2, 0.25) is 0 Å². The third-order valence-corrected chi connectivity index (χ3v) is 1.29. The molecule has 10 heavy (non-hydrogen) atoms. The molecule has 1 nitrogen and oxygen atoms in total. The number of halogens is 1. The summed E-state index contributed by atoms with van der Waals surface area (Å²) in [4.78, 5) is 0. The van der Waals surface area contributed by atoms with E-state index in [2.05, 4.69) is 6.07 Å². The quantitative estimate of drug-likeness (QED) is 0.638. The van der Waals surface area contributed by atoms with Gasteiger partial charge in [-0.15, -0.1) is 0 Å². The average Bonchev–Trinajstić information content (AvgIpc) is 1.95. The van der Waals surface area contributed by atoms with E-state index in [0.717, 1.165) is 5.75 Å². The van der Waals surface area contributed by atoms with Gasteiger partial charge in [0.25, 0.3) is 0 Å². The van der Waals surface area contributed by atoms with Crippen LogP contribution in [0.25, 0.3) is 0 Å². The molecule has 1 radical (unpaired) electrons. The van der Waals surface area contributed by atoms with Gasteiger partial charge in [-0.3, -0.25) is 0 Å². The minimum atomic E-state index is 0.614. The predicted molar refractivity (Wildman–Crippen MR) is 41.5 cm³/mol. The fourth-order valence-electron chi connectivity index (χ4n) is 0.648. The summed E-state index contributed by atoms with van der Waals surface area (Å²) in [7, 11) is 0. The molecule has 0 bridgehead atoms. The van der Waals surface area contributed by atoms with Gasteiger partial charge in [0.05, 0.1) is 6.61 Å². The first-order valence-corrected chi connectivity index (χ1v) is 3.50. The second-order valence-electron chi connectivity index (χ2n) is 1.81. The maximum Gasteiger partial charge on any atom is 0.119 e. The molecule has 0 heterocycles. The molecule has 53 valence electrons. The van der Waals surface area contributed by atoms with Crippen molar-refractivity contribution in [3.8, 4) is 5.75 Å². The van der Waals surface area contributed by atoms with E-state index < -0.39 is 0 Å². The normalized spacial score (nSPS) is 9.40. The lowest BCUT2D eigenvalue weighted by atomic mass is 10.3. The first-order valence-electron chi connectivity index (χ1n) is 3.13. The lowest BCUT2D eigenvalue weighted by molar-refractivity contribution is 0.340. The third kappa shape index (κ3) is 1.92. The molecule has 0 aliphatic carbocycles. The summed E-state index contributed by atoms with van der Waals surface area (Å²) in [5.74, 6) is 0.812. The lowest BCUT2D eigenvalue weighted by Crippen LogP contribution is -1.89. The molecule has 0 saturated heterocycles. The first kappa shape index (κ1) is 7.42. The van der Waals surface area contributed by atoms with Crippen molar-refractivity contribution < 1.29 is 4.74 Å². The van der Waals surface area contributed by atoms with Gasteiger partial charge in [0.1, 0.15) is 5.75 Å². The Morgan fingerprint density at radius 3 is 2.90 bits per heavy atom. The number of rotatable bonds is 2. The van der Waals surface area contributed by atoms with Gasteiger partial charge >= 0.3 is 0 Å². The van der Waals surface area contributed by atoms with E-state index in [0.29, 0.717) is 11.6 Å². The Labute approximate surface area is 65.6 Å². The molecule has 0 aliphatic heterocycles. The summed E-state index contributed by atoms with van der Waals surface area (Å²) in [6, 6.07) is 8.13. The maximum atomic E-state index is 5.60. The van der Waals surface area contributed by atoms with Crippen LogP contribution in [0.4, 0.5) is 0 Å². The van der Waals surface area contributed by atoms with Crippen molar-refractivity contribution in [3.05, 3.63) is 29.3 Å². The van der Waals surface area contributed by atoms with Crippen LogP contribution in [0.5, 0.6) is 5.75 Å². The molecule has 0 unspecified atom stereocenters. The smallest absolute Gasteiger partial charge is 0.119 e. The van der Waals surface area contributed by atoms with Gasteiger partial charge in [-0.25, -0.2) is 0 Å². The molecule has 0 fully saturated rings. The van der Waals surface area contributed by atoms with Crippen LogP contribution in [0.3, 0.4) is 0 Å². The Morgan fingerprint density at radius 2 is 2.40 bits per heavy atom. The largest absolute Gasteiger partial charge is 0.494 e. The molecule has 1 rings (SSSR count). The number of hydrogen-bond acceptors (Lipinski definition) is 1. The van der Waals surface area contributed by atoms with Gasteiger partial charge in [-0.1, -0.05) is 11.6 Å². The summed E-state index contributed by atoms with van der Waals surface area (Å²) in [6.07, 6.45) is 0. The van der Waals surface area contributed by atoms with Crippen molar-refractivity contribution in [2.45, 2.75) is 6.92 Å². The highest BCUT2D eigenvalue weighted by Crippen LogP contribution is 2.14. The van der Waals surface area contributed by atoms with Gasteiger partial charge in [-0.05, 0) is 25.1 Å². The molecule has 0 aliphatic rings. The van der Waals surface area contributed by atoms with E-state index in [1.807, 2.05) is 13.0 Å². The molecule has 0 amide bonds. The van der Waals surface area contributed by atoms with Crippen molar-refractivity contribution in [3.63, 3.8) is 0 Å². The minimum Gasteiger partial charge on any atom is -0.494 e. The summed E-state index contributed by atoms with van der Waals surface area (Å²) in [6.45, 7) is 2.62. The van der Waals surface area contributed by atoms with Crippen LogP contribution < -0.4 is 4.74 Å². The second-order valence-corrected chi connectivity index (χ2v) is 2.21. The third-order valence-electron chi connectivity index (χ3n) is 1.06. The van der Waals surface area contributed by atoms with E-state index in [9.17, 15) is 0 Å². The van der Waals surface area contributed by atoms with Crippen LogP contribution in [0.2, 0.25) is 5.02 Å². The van der Waals surface area contributed by atoms with Crippen molar-refractivity contribution in [2.75, 3.05) is 6.61 Å². The summed E-state index contributed by atoms with van der Waals surface area (Å²) < 4.78 is 5.17. The number of ether oxygens (including phenoxy) is 1. The summed E-state index contributed by atoms with van der Waals surface area (Å²) in [5.41, 5.74) is 0. The Hall–Kier alpha value is -0.690. The van der Waals surface area contributed by atoms with Gasteiger partial charge in [0.15, 0.2) is 0 Å². The van der Waals surface area contributed by atoms with E-state index in [-0.39, 0.29) is 0 Å². The van der Waals surface area contributed by atoms with E-state index in [1.54, 1.807) is 12.1 Å². The van der Waals surface area contributed by atoms with E-state index in [4.69, 9.17) is 16.3 Å². The van der Waals surface area contributed by atoms with Crippen molar-refractivity contribution in [1.29, 1.82) is 0 Å². The molecule has 0 saturated carbocycles. The van der Waals surface area contributed by atoms with Crippen LogP contribution in [0.1, 0.15) is 6.92 Å². The predicted octanol–water partition coefficient (Wildman–Crippen LogP) is 2.54. The minimum absolute atomic E-state index is 0.614. The van der Waals surface area contributed by atoms with E-state index >= 15 is 0 Å². The fourth-order valence-corrected chi connectivity index (χ4v) is 0.766. The Kier molecular flexibility index (Phi) is 2.57. The molecule has 0 atom stereocenters. The second kappa shape index (κ2) is 3.47. The zero-order valence-corrected chi connectivity index (χ0v) is 6.48. The Bertz CT molecular complexity index is 193. The van der Waals surface area contributed by atoms with Crippen molar-refractivity contribution in [2.24, 2.45) is 0 Å². The van der Waals surface area contributed by atoms with Crippen molar-refractivity contribution in [1.82, 2.24) is 0 Å². The fraction of sp³-hybridized carbons (Fsp3) is 0.250. The lowest BCUT2D eigenvalue weighted by Gasteiger charge is -2.00. The molecule has 0 spiro atoms. The van der Waals surface area contributed by atoms with Crippen LogP contribution in [0, 0.1) is 6.07 Å². The highest BCUT2D eigenvalue weighted by atomic mass is 35.5. The van der Waals surface area contributed by atoms with Gasteiger partial charge in [0, 0.05) is 11.1 Å². The number of benzene rings is 1. The highest BCUT2D eigenvalue weighted by Gasteiger charge is 1.89. The maximum absolute atomic E-state index is 5.60. The van der Waals surface area contributed by atoms with Crippen LogP contribution in [0.15, 0.2) is 18.2 Å². The van der Waals surface area contributed by atoms with E-state index in [1.165, 1.54) is 0 Å².